The van der Waals surface area contributed by atoms with E-state index in [1.165, 1.54) is 19.3 Å². The molecule has 0 aliphatic heterocycles. The predicted octanol–water partition coefficient (Wildman–Crippen LogP) is 1.79. The van der Waals surface area contributed by atoms with Crippen LogP contribution in [-0.2, 0) is 9.53 Å². The van der Waals surface area contributed by atoms with Crippen molar-refractivity contribution in [2.45, 2.75) is 32.1 Å². The summed E-state index contributed by atoms with van der Waals surface area (Å²) in [6.45, 7) is 0.360. The molecule has 0 atom stereocenters. The van der Waals surface area contributed by atoms with Crippen LogP contribution in [-0.4, -0.2) is 19.5 Å². The summed E-state index contributed by atoms with van der Waals surface area (Å²) in [4.78, 5) is 11.4. The minimum atomic E-state index is 0.108. The Morgan fingerprint density at radius 3 is 2.69 bits per heavy atom. The Morgan fingerprint density at radius 1 is 1.38 bits per heavy atom. The zero-order valence-electron chi connectivity index (χ0n) is 8.14. The molecule has 1 aliphatic carbocycles. The molecule has 1 rings (SSSR count). The Labute approximate surface area is 79.7 Å². The van der Waals surface area contributed by atoms with Crippen LogP contribution in [0.15, 0.2) is 0 Å². The molecule has 0 heterocycles. The van der Waals surface area contributed by atoms with Gasteiger partial charge in [0.2, 0.25) is 5.78 Å². The predicted molar refractivity (Wildman–Crippen MR) is 51.2 cm³/mol. The van der Waals surface area contributed by atoms with Crippen molar-refractivity contribution in [3.63, 3.8) is 0 Å². The summed E-state index contributed by atoms with van der Waals surface area (Å²) < 4.78 is 4.75. The number of carbonyl (C=O) groups is 1. The molecule has 0 amide bonds. The second-order valence-electron chi connectivity index (χ2n) is 3.43. The molecule has 0 radical (unpaired) electrons. The lowest BCUT2D eigenvalue weighted by atomic mass is 9.86. The van der Waals surface area contributed by atoms with Crippen LogP contribution in [0.1, 0.15) is 32.1 Å². The minimum absolute atomic E-state index is 0.108. The summed E-state index contributed by atoms with van der Waals surface area (Å²) in [7, 11) is 1.58. The van der Waals surface area contributed by atoms with Crippen molar-refractivity contribution in [2.24, 2.45) is 5.92 Å². The van der Waals surface area contributed by atoms with Gasteiger partial charge in [-0.05, 0) is 18.8 Å². The van der Waals surface area contributed by atoms with Gasteiger partial charge in [-0.2, -0.15) is 0 Å². The monoisotopic (exact) mass is 180 g/mol. The molecule has 0 aromatic carbocycles. The first-order valence-electron chi connectivity index (χ1n) is 4.86. The van der Waals surface area contributed by atoms with Gasteiger partial charge in [0.05, 0.1) is 0 Å². The number of ketones is 1. The van der Waals surface area contributed by atoms with E-state index in [4.69, 9.17) is 4.74 Å². The van der Waals surface area contributed by atoms with E-state index in [0.29, 0.717) is 6.61 Å². The molecule has 0 spiro atoms. The zero-order chi connectivity index (χ0) is 9.52. The van der Waals surface area contributed by atoms with Crippen molar-refractivity contribution in [3.8, 4) is 11.8 Å². The molecule has 0 aromatic heterocycles. The molecule has 1 aliphatic rings. The van der Waals surface area contributed by atoms with Crippen LogP contribution in [0.3, 0.4) is 0 Å². The lowest BCUT2D eigenvalue weighted by molar-refractivity contribution is -0.118. The second kappa shape index (κ2) is 5.77. The van der Waals surface area contributed by atoms with Crippen molar-refractivity contribution >= 4 is 5.78 Å². The van der Waals surface area contributed by atoms with Crippen molar-refractivity contribution < 1.29 is 9.53 Å². The third kappa shape index (κ3) is 3.61. The highest BCUT2D eigenvalue weighted by Gasteiger charge is 2.18. The van der Waals surface area contributed by atoms with Crippen LogP contribution in [0.4, 0.5) is 0 Å². The van der Waals surface area contributed by atoms with E-state index in [2.05, 4.69) is 11.8 Å². The molecule has 1 saturated carbocycles. The molecule has 0 aromatic rings. The van der Waals surface area contributed by atoms with Gasteiger partial charge >= 0.3 is 0 Å². The van der Waals surface area contributed by atoms with Crippen LogP contribution in [0, 0.1) is 17.8 Å². The van der Waals surface area contributed by atoms with E-state index in [1.807, 2.05) is 0 Å². The van der Waals surface area contributed by atoms with Crippen molar-refractivity contribution in [1.82, 2.24) is 0 Å². The summed E-state index contributed by atoms with van der Waals surface area (Å²) in [6.07, 6.45) is 5.70. The van der Waals surface area contributed by atoms with Crippen molar-refractivity contribution in [1.29, 1.82) is 0 Å². The Hall–Kier alpha value is -0.810. The topological polar surface area (TPSA) is 26.3 Å². The maximum absolute atomic E-state index is 11.4. The summed E-state index contributed by atoms with van der Waals surface area (Å²) in [5, 5.41) is 0. The lowest BCUT2D eigenvalue weighted by Gasteiger charge is -2.17. The molecular formula is C11H16O2. The van der Waals surface area contributed by atoms with E-state index >= 15 is 0 Å². The third-order valence-electron chi connectivity index (χ3n) is 2.40. The molecule has 1 fully saturated rings. The fourth-order valence-electron chi connectivity index (χ4n) is 1.66. The smallest absolute Gasteiger partial charge is 0.208 e. The number of ether oxygens (including phenoxy) is 1. The molecule has 0 bridgehead atoms. The summed E-state index contributed by atoms with van der Waals surface area (Å²) in [6, 6.07) is 0. The molecule has 0 unspecified atom stereocenters. The largest absolute Gasteiger partial charge is 0.372 e. The van der Waals surface area contributed by atoms with Gasteiger partial charge in [-0.3, -0.25) is 4.79 Å². The quantitative estimate of drug-likeness (QED) is 0.478. The van der Waals surface area contributed by atoms with Gasteiger partial charge in [0, 0.05) is 13.0 Å². The zero-order valence-corrected chi connectivity index (χ0v) is 8.14. The van der Waals surface area contributed by atoms with Gasteiger partial charge < -0.3 is 4.74 Å². The molecule has 13 heavy (non-hydrogen) atoms. The Morgan fingerprint density at radius 2 is 2.08 bits per heavy atom. The first-order chi connectivity index (χ1) is 6.34. The Bertz CT molecular complexity index is 216. The number of carbonyl (C=O) groups excluding carboxylic acids is 1. The van der Waals surface area contributed by atoms with Gasteiger partial charge in [-0.25, -0.2) is 0 Å². The van der Waals surface area contributed by atoms with Gasteiger partial charge in [-0.15, -0.1) is 0 Å². The fraction of sp³-hybridized carbons (Fsp3) is 0.727. The normalized spacial score (nSPS) is 17.6. The maximum atomic E-state index is 11.4. The first-order valence-corrected chi connectivity index (χ1v) is 4.86. The maximum Gasteiger partial charge on any atom is 0.208 e. The SMILES string of the molecule is COCC#CC(=O)C1CCCCC1. The number of Topliss-reactive ketones (excluding diaryl/α,β-unsaturated/α-hetero) is 1. The van der Waals surface area contributed by atoms with E-state index in [0.717, 1.165) is 12.8 Å². The summed E-state index contributed by atoms with van der Waals surface area (Å²) in [5.74, 6) is 5.66. The van der Waals surface area contributed by atoms with Gasteiger partial charge in [-0.1, -0.05) is 25.2 Å². The minimum Gasteiger partial charge on any atom is -0.372 e. The average Bonchev–Trinajstić information content (AvgIpc) is 2.19. The van der Waals surface area contributed by atoms with Crippen molar-refractivity contribution in [2.75, 3.05) is 13.7 Å². The number of hydrogen-bond acceptors (Lipinski definition) is 2. The van der Waals surface area contributed by atoms with Crippen LogP contribution in [0.5, 0.6) is 0 Å². The van der Waals surface area contributed by atoms with E-state index < -0.39 is 0 Å². The molecule has 0 N–H and O–H groups in total. The van der Waals surface area contributed by atoms with Crippen LogP contribution in [0.25, 0.3) is 0 Å². The summed E-state index contributed by atoms with van der Waals surface area (Å²) in [5.41, 5.74) is 0. The average molecular weight is 180 g/mol. The third-order valence-corrected chi connectivity index (χ3v) is 2.40. The highest BCUT2D eigenvalue weighted by atomic mass is 16.5. The van der Waals surface area contributed by atoms with E-state index in [-0.39, 0.29) is 11.7 Å². The lowest BCUT2D eigenvalue weighted by Crippen LogP contribution is -2.15. The highest BCUT2D eigenvalue weighted by molar-refractivity contribution is 5.97. The van der Waals surface area contributed by atoms with Crippen LogP contribution < -0.4 is 0 Å². The molecule has 0 saturated heterocycles. The molecule has 72 valence electrons. The number of hydrogen-bond donors (Lipinski definition) is 0. The fourth-order valence-corrected chi connectivity index (χ4v) is 1.66. The van der Waals surface area contributed by atoms with Crippen LogP contribution >= 0.6 is 0 Å². The molecule has 2 heteroatoms. The van der Waals surface area contributed by atoms with Gasteiger partial charge in [0.15, 0.2) is 0 Å². The second-order valence-corrected chi connectivity index (χ2v) is 3.43. The molecule has 2 nitrogen and oxygen atoms in total. The standard InChI is InChI=1S/C11H16O2/c1-13-9-5-8-11(12)10-6-3-2-4-7-10/h10H,2-4,6-7,9H2,1H3. The van der Waals surface area contributed by atoms with E-state index in [9.17, 15) is 4.79 Å². The van der Waals surface area contributed by atoms with Crippen LogP contribution in [0.2, 0.25) is 0 Å². The van der Waals surface area contributed by atoms with Gasteiger partial charge in [0.25, 0.3) is 0 Å². The molecular weight excluding hydrogens is 164 g/mol. The van der Waals surface area contributed by atoms with Gasteiger partial charge in [0.1, 0.15) is 6.61 Å². The van der Waals surface area contributed by atoms with Crippen molar-refractivity contribution in [3.05, 3.63) is 0 Å². The number of rotatable bonds is 2. The highest BCUT2D eigenvalue weighted by Crippen LogP contribution is 2.23. The number of methoxy groups -OCH3 is 1. The Kier molecular flexibility index (Phi) is 4.56. The summed E-state index contributed by atoms with van der Waals surface area (Å²) >= 11 is 0. The first kappa shape index (κ1) is 10.3. The van der Waals surface area contributed by atoms with E-state index in [1.54, 1.807) is 7.11 Å². The Balaban J connectivity index is 2.34.